The van der Waals surface area contributed by atoms with Crippen LogP contribution in [0.5, 0.6) is 0 Å². The van der Waals surface area contributed by atoms with Gasteiger partial charge in [0.1, 0.15) is 5.82 Å². The number of aromatic nitrogens is 2. The number of imidazole rings is 1. The lowest BCUT2D eigenvalue weighted by Crippen LogP contribution is -2.46. The number of aryl methyl sites for hydroxylation is 1. The standard InChI is InChI=1S/C12H21ClN4O2S/c1-15-7-5-14-12(15)10-16(2)20(18,19)17-6-3-4-11(8-13)9-17/h5,7,11H,3-4,6,8-10H2,1-2H3. The maximum absolute atomic E-state index is 12.6. The predicted molar refractivity (Wildman–Crippen MR) is 78.6 cm³/mol. The molecule has 1 saturated heterocycles. The van der Waals surface area contributed by atoms with Crippen LogP contribution in [0.2, 0.25) is 0 Å². The van der Waals surface area contributed by atoms with Gasteiger partial charge < -0.3 is 4.57 Å². The molecule has 0 amide bonds. The van der Waals surface area contributed by atoms with Crippen LogP contribution < -0.4 is 0 Å². The van der Waals surface area contributed by atoms with E-state index in [1.54, 1.807) is 19.4 Å². The first-order chi connectivity index (χ1) is 9.45. The Kier molecular flexibility index (Phi) is 5.06. The second-order valence-corrected chi connectivity index (χ2v) is 7.58. The molecule has 2 rings (SSSR count). The number of hydrogen-bond acceptors (Lipinski definition) is 3. The Hall–Kier alpha value is -0.630. The van der Waals surface area contributed by atoms with E-state index in [-0.39, 0.29) is 12.5 Å². The van der Waals surface area contributed by atoms with Crippen molar-refractivity contribution in [1.82, 2.24) is 18.2 Å². The summed E-state index contributed by atoms with van der Waals surface area (Å²) in [5.41, 5.74) is 0. The van der Waals surface area contributed by atoms with Gasteiger partial charge in [-0.25, -0.2) is 4.98 Å². The van der Waals surface area contributed by atoms with Gasteiger partial charge in [0.25, 0.3) is 10.2 Å². The van der Waals surface area contributed by atoms with Crippen molar-refractivity contribution in [2.45, 2.75) is 19.4 Å². The smallest absolute Gasteiger partial charge is 0.282 e. The second kappa shape index (κ2) is 6.43. The first-order valence-corrected chi connectivity index (χ1v) is 8.62. The van der Waals surface area contributed by atoms with Gasteiger partial charge in [0.15, 0.2) is 0 Å². The molecular formula is C12H21ClN4O2S. The third-order valence-electron chi connectivity index (χ3n) is 3.71. The molecule has 1 aromatic rings. The predicted octanol–water partition coefficient (Wildman–Crippen LogP) is 1.05. The highest BCUT2D eigenvalue weighted by molar-refractivity contribution is 7.86. The van der Waals surface area contributed by atoms with Gasteiger partial charge in [-0.05, 0) is 18.8 Å². The van der Waals surface area contributed by atoms with Crippen LogP contribution in [0.4, 0.5) is 0 Å². The molecule has 114 valence electrons. The Morgan fingerprint density at radius 2 is 2.30 bits per heavy atom. The summed E-state index contributed by atoms with van der Waals surface area (Å²) in [7, 11) is 0.00277. The SMILES string of the molecule is CN(Cc1nccn1C)S(=O)(=O)N1CCCC(CCl)C1. The summed E-state index contributed by atoms with van der Waals surface area (Å²) >= 11 is 5.86. The molecule has 1 unspecified atom stereocenters. The normalized spacial score (nSPS) is 21.5. The van der Waals surface area contributed by atoms with Crippen molar-refractivity contribution < 1.29 is 8.42 Å². The summed E-state index contributed by atoms with van der Waals surface area (Å²) in [6.07, 6.45) is 5.34. The van der Waals surface area contributed by atoms with Crippen LogP contribution in [-0.4, -0.2) is 52.6 Å². The number of hydrogen-bond donors (Lipinski definition) is 0. The lowest BCUT2D eigenvalue weighted by Gasteiger charge is -2.33. The molecule has 0 radical (unpaired) electrons. The third-order valence-corrected chi connectivity index (χ3v) is 6.04. The second-order valence-electron chi connectivity index (χ2n) is 5.24. The van der Waals surface area contributed by atoms with Crippen molar-refractivity contribution in [2.24, 2.45) is 13.0 Å². The minimum Gasteiger partial charge on any atom is -0.337 e. The van der Waals surface area contributed by atoms with Crippen LogP contribution in [0, 0.1) is 5.92 Å². The number of alkyl halides is 1. The van der Waals surface area contributed by atoms with Crippen molar-refractivity contribution in [3.63, 3.8) is 0 Å². The lowest BCUT2D eigenvalue weighted by atomic mass is 10.0. The van der Waals surface area contributed by atoms with E-state index in [1.165, 1.54) is 8.61 Å². The summed E-state index contributed by atoms with van der Waals surface area (Å²) < 4.78 is 29.8. The molecule has 20 heavy (non-hydrogen) atoms. The Morgan fingerprint density at radius 3 is 2.90 bits per heavy atom. The summed E-state index contributed by atoms with van der Waals surface area (Å²) in [4.78, 5) is 4.16. The van der Waals surface area contributed by atoms with E-state index in [2.05, 4.69) is 4.98 Å². The van der Waals surface area contributed by atoms with E-state index in [4.69, 9.17) is 11.6 Å². The molecule has 0 saturated carbocycles. The Labute approximate surface area is 125 Å². The summed E-state index contributed by atoms with van der Waals surface area (Å²) in [6.45, 7) is 1.35. The zero-order valence-corrected chi connectivity index (χ0v) is 13.4. The molecule has 1 aromatic heterocycles. The molecule has 8 heteroatoms. The molecule has 0 aromatic carbocycles. The highest BCUT2D eigenvalue weighted by Gasteiger charge is 2.32. The van der Waals surface area contributed by atoms with Crippen LogP contribution in [0.25, 0.3) is 0 Å². The molecule has 0 aliphatic carbocycles. The third kappa shape index (κ3) is 3.33. The number of nitrogens with zero attached hydrogens (tertiary/aromatic N) is 4. The van der Waals surface area contributed by atoms with Gasteiger partial charge in [0.2, 0.25) is 0 Å². The van der Waals surface area contributed by atoms with E-state index in [0.29, 0.717) is 19.0 Å². The van der Waals surface area contributed by atoms with Crippen LogP contribution >= 0.6 is 11.6 Å². The van der Waals surface area contributed by atoms with Gasteiger partial charge in [-0.3, -0.25) is 0 Å². The molecule has 0 N–H and O–H groups in total. The molecule has 1 fully saturated rings. The number of halogens is 1. The van der Waals surface area contributed by atoms with Gasteiger partial charge in [-0.15, -0.1) is 11.6 Å². The van der Waals surface area contributed by atoms with Crippen molar-refractivity contribution in [3.05, 3.63) is 18.2 Å². The van der Waals surface area contributed by atoms with Crippen LogP contribution in [0.1, 0.15) is 18.7 Å². The fraction of sp³-hybridized carbons (Fsp3) is 0.750. The molecule has 1 atom stereocenters. The topological polar surface area (TPSA) is 58.4 Å². The lowest BCUT2D eigenvalue weighted by molar-refractivity contribution is 0.264. The average molecular weight is 321 g/mol. The molecular weight excluding hydrogens is 300 g/mol. The Morgan fingerprint density at radius 1 is 1.55 bits per heavy atom. The van der Waals surface area contributed by atoms with Crippen LogP contribution in [-0.2, 0) is 23.8 Å². The minimum absolute atomic E-state index is 0.252. The fourth-order valence-electron chi connectivity index (χ4n) is 2.39. The molecule has 1 aliphatic rings. The monoisotopic (exact) mass is 320 g/mol. The van der Waals surface area contributed by atoms with Gasteiger partial charge in [-0.2, -0.15) is 17.0 Å². The quantitative estimate of drug-likeness (QED) is 0.762. The fourth-order valence-corrected chi connectivity index (χ4v) is 4.07. The molecule has 6 nitrogen and oxygen atoms in total. The first kappa shape index (κ1) is 15.8. The molecule has 0 spiro atoms. The maximum atomic E-state index is 12.6. The van der Waals surface area contributed by atoms with E-state index in [9.17, 15) is 8.42 Å². The van der Waals surface area contributed by atoms with E-state index >= 15 is 0 Å². The maximum Gasteiger partial charge on any atom is 0.282 e. The zero-order chi connectivity index (χ0) is 14.8. The minimum atomic E-state index is -3.44. The van der Waals surface area contributed by atoms with Crippen molar-refractivity contribution >= 4 is 21.8 Å². The zero-order valence-electron chi connectivity index (χ0n) is 11.9. The van der Waals surface area contributed by atoms with E-state index in [1.807, 2.05) is 11.6 Å². The first-order valence-electron chi connectivity index (χ1n) is 6.68. The number of piperidine rings is 1. The van der Waals surface area contributed by atoms with Crippen LogP contribution in [0.3, 0.4) is 0 Å². The highest BCUT2D eigenvalue weighted by atomic mass is 35.5. The molecule has 2 heterocycles. The molecule has 0 bridgehead atoms. The Balaban J connectivity index is 2.07. The average Bonchev–Trinajstić information content (AvgIpc) is 2.84. The highest BCUT2D eigenvalue weighted by Crippen LogP contribution is 2.22. The van der Waals surface area contributed by atoms with Crippen LogP contribution in [0.15, 0.2) is 12.4 Å². The van der Waals surface area contributed by atoms with Crippen molar-refractivity contribution in [1.29, 1.82) is 0 Å². The van der Waals surface area contributed by atoms with Crippen molar-refractivity contribution in [2.75, 3.05) is 26.0 Å². The van der Waals surface area contributed by atoms with E-state index in [0.717, 1.165) is 18.7 Å². The van der Waals surface area contributed by atoms with Crippen molar-refractivity contribution in [3.8, 4) is 0 Å². The van der Waals surface area contributed by atoms with Gasteiger partial charge in [-0.1, -0.05) is 0 Å². The molecule has 1 aliphatic heterocycles. The Bertz CT molecular complexity index is 545. The van der Waals surface area contributed by atoms with Gasteiger partial charge >= 0.3 is 0 Å². The van der Waals surface area contributed by atoms with E-state index < -0.39 is 10.2 Å². The summed E-state index contributed by atoms with van der Waals surface area (Å²) in [6, 6.07) is 0. The van der Waals surface area contributed by atoms with Gasteiger partial charge in [0, 0.05) is 45.5 Å². The number of rotatable bonds is 5. The largest absolute Gasteiger partial charge is 0.337 e. The summed E-state index contributed by atoms with van der Waals surface area (Å²) in [5.74, 6) is 1.48. The summed E-state index contributed by atoms with van der Waals surface area (Å²) in [5, 5.41) is 0. The van der Waals surface area contributed by atoms with Gasteiger partial charge in [0.05, 0.1) is 6.54 Å².